The van der Waals surface area contributed by atoms with Crippen LogP contribution in [0, 0.1) is 0 Å². The molecule has 0 aromatic carbocycles. The van der Waals surface area contributed by atoms with Crippen LogP contribution in [-0.2, 0) is 0 Å². The molecule has 0 spiro atoms. The number of hydrogen-bond donors (Lipinski definition) is 0. The summed E-state index contributed by atoms with van der Waals surface area (Å²) in [5, 5.41) is 0.367. The highest BCUT2D eigenvalue weighted by Gasteiger charge is 2.15. The van der Waals surface area contributed by atoms with Crippen LogP contribution in [0.1, 0.15) is 25.5 Å². The van der Waals surface area contributed by atoms with Gasteiger partial charge in [0.15, 0.2) is 5.82 Å². The Morgan fingerprint density at radius 2 is 2.00 bits per heavy atom. The Hall–Kier alpha value is -1.27. The summed E-state index contributed by atoms with van der Waals surface area (Å²) in [5.74, 6) is 1.13. The zero-order valence-electron chi connectivity index (χ0n) is 10.7. The van der Waals surface area contributed by atoms with Crippen molar-refractivity contribution in [3.63, 3.8) is 0 Å². The Labute approximate surface area is 124 Å². The minimum Gasteiger partial charge on any atom is -0.481 e. The van der Waals surface area contributed by atoms with E-state index in [4.69, 9.17) is 16.3 Å². The summed E-state index contributed by atoms with van der Waals surface area (Å²) in [4.78, 5) is 16.8. The summed E-state index contributed by atoms with van der Waals surface area (Å²) < 4.78 is 5.78. The zero-order chi connectivity index (χ0) is 14.0. The predicted molar refractivity (Wildman–Crippen MR) is 76.4 cm³/mol. The van der Waals surface area contributed by atoms with E-state index in [0.717, 1.165) is 5.69 Å². The average molecular weight is 344 g/mol. The predicted octanol–water partition coefficient (Wildman–Crippen LogP) is 3.48. The Bertz CT molecular complexity index is 606. The molecule has 0 aliphatic carbocycles. The fraction of sp³-hybridized carbons (Fsp3) is 0.333. The van der Waals surface area contributed by atoms with Crippen LogP contribution in [-0.4, -0.2) is 27.0 Å². The molecule has 0 bridgehead atoms. The Kier molecular flexibility index (Phi) is 4.31. The molecular weight excluding hydrogens is 332 g/mol. The first-order chi connectivity index (χ1) is 9.02. The van der Waals surface area contributed by atoms with Crippen molar-refractivity contribution in [3.05, 3.63) is 27.7 Å². The van der Waals surface area contributed by atoms with Gasteiger partial charge in [0.1, 0.15) is 17.2 Å². The van der Waals surface area contributed by atoms with E-state index in [1.54, 1.807) is 13.2 Å². The lowest BCUT2D eigenvalue weighted by molar-refractivity contribution is 0.397. The Morgan fingerprint density at radius 3 is 2.63 bits per heavy atom. The van der Waals surface area contributed by atoms with Crippen LogP contribution in [0.2, 0.25) is 5.15 Å². The van der Waals surface area contributed by atoms with Gasteiger partial charge in [-0.3, -0.25) is 0 Å². The maximum Gasteiger partial charge on any atom is 0.216 e. The molecule has 0 fully saturated rings. The largest absolute Gasteiger partial charge is 0.481 e. The van der Waals surface area contributed by atoms with Gasteiger partial charge in [-0.2, -0.15) is 0 Å². The molecule has 5 nitrogen and oxygen atoms in total. The molecule has 2 aromatic heterocycles. The van der Waals surface area contributed by atoms with Crippen molar-refractivity contribution >= 4 is 27.5 Å². The lowest BCUT2D eigenvalue weighted by atomic mass is 10.1. The second-order valence-corrected chi connectivity index (χ2v) is 5.29. The van der Waals surface area contributed by atoms with Crippen molar-refractivity contribution < 1.29 is 4.74 Å². The second kappa shape index (κ2) is 5.79. The molecule has 0 aliphatic heterocycles. The maximum absolute atomic E-state index is 6.11. The van der Waals surface area contributed by atoms with E-state index in [2.05, 4.69) is 35.9 Å². The van der Waals surface area contributed by atoms with E-state index in [-0.39, 0.29) is 5.92 Å². The van der Waals surface area contributed by atoms with E-state index in [0.29, 0.717) is 27.0 Å². The molecule has 0 amide bonds. The van der Waals surface area contributed by atoms with Crippen LogP contribution in [0.5, 0.6) is 5.88 Å². The van der Waals surface area contributed by atoms with Crippen LogP contribution in [0.4, 0.5) is 0 Å². The van der Waals surface area contributed by atoms with Gasteiger partial charge in [0, 0.05) is 6.07 Å². The Balaban J connectivity index is 2.56. The molecule has 0 N–H and O–H groups in total. The number of methoxy groups -OCH3 is 1. The van der Waals surface area contributed by atoms with Gasteiger partial charge in [-0.1, -0.05) is 25.4 Å². The first-order valence-electron chi connectivity index (χ1n) is 5.62. The highest BCUT2D eigenvalue weighted by Crippen LogP contribution is 2.30. The molecule has 2 aromatic rings. The molecule has 0 saturated carbocycles. The summed E-state index contributed by atoms with van der Waals surface area (Å²) in [6.07, 6.45) is 1.41. The van der Waals surface area contributed by atoms with Crippen LogP contribution < -0.4 is 4.74 Å². The average Bonchev–Trinajstić information content (AvgIpc) is 2.41. The lowest BCUT2D eigenvalue weighted by Gasteiger charge is -2.10. The summed E-state index contributed by atoms with van der Waals surface area (Å²) in [7, 11) is 1.54. The molecule has 7 heteroatoms. The molecule has 19 heavy (non-hydrogen) atoms. The molecule has 0 unspecified atom stereocenters. The summed E-state index contributed by atoms with van der Waals surface area (Å²) >= 11 is 9.52. The third kappa shape index (κ3) is 3.01. The minimum atomic E-state index is 0.220. The van der Waals surface area contributed by atoms with Gasteiger partial charge in [-0.25, -0.2) is 19.9 Å². The standard InChI is InChI=1S/C12H12BrClN4O/c1-6(2)10-9(13)11(14)18-12(17-10)7-4-8(19-3)16-5-15-7/h4-6H,1-3H3. The zero-order valence-corrected chi connectivity index (χ0v) is 13.0. The van der Waals surface area contributed by atoms with Crippen LogP contribution in [0.25, 0.3) is 11.5 Å². The van der Waals surface area contributed by atoms with E-state index in [1.807, 2.05) is 13.8 Å². The summed E-state index contributed by atoms with van der Waals surface area (Å²) in [6, 6.07) is 1.67. The smallest absolute Gasteiger partial charge is 0.216 e. The maximum atomic E-state index is 6.11. The Morgan fingerprint density at radius 1 is 1.26 bits per heavy atom. The van der Waals surface area contributed by atoms with Crippen LogP contribution >= 0.6 is 27.5 Å². The number of ether oxygens (including phenoxy) is 1. The van der Waals surface area contributed by atoms with Gasteiger partial charge < -0.3 is 4.74 Å². The van der Waals surface area contributed by atoms with Crippen molar-refractivity contribution in [2.75, 3.05) is 7.11 Å². The fourth-order valence-corrected chi connectivity index (χ4v) is 2.32. The van der Waals surface area contributed by atoms with Crippen LogP contribution in [0.15, 0.2) is 16.9 Å². The molecule has 2 rings (SSSR count). The van der Waals surface area contributed by atoms with Gasteiger partial charge in [-0.15, -0.1) is 0 Å². The lowest BCUT2D eigenvalue weighted by Crippen LogP contribution is -2.02. The first-order valence-corrected chi connectivity index (χ1v) is 6.79. The van der Waals surface area contributed by atoms with Crippen molar-refractivity contribution in [3.8, 4) is 17.4 Å². The quantitative estimate of drug-likeness (QED) is 0.798. The van der Waals surface area contributed by atoms with Crippen molar-refractivity contribution in [2.45, 2.75) is 19.8 Å². The third-order valence-corrected chi connectivity index (χ3v) is 3.75. The normalized spacial score (nSPS) is 10.8. The number of hydrogen-bond acceptors (Lipinski definition) is 5. The number of rotatable bonds is 3. The van der Waals surface area contributed by atoms with E-state index in [1.165, 1.54) is 6.33 Å². The summed E-state index contributed by atoms with van der Waals surface area (Å²) in [6.45, 7) is 4.07. The van der Waals surface area contributed by atoms with Crippen LogP contribution in [0.3, 0.4) is 0 Å². The number of halogens is 2. The molecule has 0 atom stereocenters. The van der Waals surface area contributed by atoms with Gasteiger partial charge in [0.05, 0.1) is 17.3 Å². The monoisotopic (exact) mass is 342 g/mol. The number of nitrogens with zero attached hydrogens (tertiary/aromatic N) is 4. The molecular formula is C12H12BrClN4O. The fourth-order valence-electron chi connectivity index (χ4n) is 1.51. The van der Waals surface area contributed by atoms with E-state index < -0.39 is 0 Å². The van der Waals surface area contributed by atoms with Crippen molar-refractivity contribution in [1.29, 1.82) is 0 Å². The van der Waals surface area contributed by atoms with E-state index in [9.17, 15) is 0 Å². The minimum absolute atomic E-state index is 0.220. The van der Waals surface area contributed by atoms with Crippen molar-refractivity contribution in [2.24, 2.45) is 0 Å². The van der Waals surface area contributed by atoms with Gasteiger partial charge in [0.25, 0.3) is 0 Å². The van der Waals surface area contributed by atoms with Gasteiger partial charge in [0.2, 0.25) is 5.88 Å². The first kappa shape index (κ1) is 14.1. The summed E-state index contributed by atoms with van der Waals surface area (Å²) in [5.41, 5.74) is 1.41. The molecule has 0 saturated heterocycles. The third-order valence-electron chi connectivity index (χ3n) is 2.46. The highest BCUT2D eigenvalue weighted by atomic mass is 79.9. The molecule has 0 radical (unpaired) electrons. The molecule has 100 valence electrons. The van der Waals surface area contributed by atoms with E-state index >= 15 is 0 Å². The molecule has 2 heterocycles. The molecule has 0 aliphatic rings. The van der Waals surface area contributed by atoms with Gasteiger partial charge in [-0.05, 0) is 21.8 Å². The number of aromatic nitrogens is 4. The topological polar surface area (TPSA) is 60.8 Å². The van der Waals surface area contributed by atoms with Gasteiger partial charge >= 0.3 is 0 Å². The second-order valence-electron chi connectivity index (χ2n) is 4.14. The van der Waals surface area contributed by atoms with Crippen molar-refractivity contribution in [1.82, 2.24) is 19.9 Å². The SMILES string of the molecule is COc1cc(-c2nc(Cl)c(Br)c(C(C)C)n2)ncn1. The highest BCUT2D eigenvalue weighted by molar-refractivity contribution is 9.10.